The van der Waals surface area contributed by atoms with E-state index in [2.05, 4.69) is 47.9 Å². The quantitative estimate of drug-likeness (QED) is 0.745. The topological polar surface area (TPSA) is 47.0 Å². The maximum absolute atomic E-state index is 13.1. The van der Waals surface area contributed by atoms with E-state index < -0.39 is 5.60 Å². The Labute approximate surface area is 170 Å². The number of piperidine rings is 1. The number of rotatable bonds is 8. The molecule has 3 rings (SSSR count). The minimum absolute atomic E-state index is 0.111. The van der Waals surface area contributed by atoms with Crippen molar-refractivity contribution in [2.45, 2.75) is 57.6 Å². The lowest BCUT2D eigenvalue weighted by Gasteiger charge is -2.40. The largest absolute Gasteiger partial charge is 0.379 e. The van der Waals surface area contributed by atoms with Gasteiger partial charge in [-0.2, -0.15) is 0 Å². The zero-order valence-corrected chi connectivity index (χ0v) is 17.9. The van der Waals surface area contributed by atoms with Crippen molar-refractivity contribution in [2.75, 3.05) is 46.3 Å². The highest BCUT2D eigenvalue weighted by Crippen LogP contribution is 2.25. The minimum Gasteiger partial charge on any atom is -0.379 e. The van der Waals surface area contributed by atoms with Gasteiger partial charge in [0, 0.05) is 32.7 Å². The molecule has 0 aromatic heterocycles. The van der Waals surface area contributed by atoms with Gasteiger partial charge < -0.3 is 19.8 Å². The summed E-state index contributed by atoms with van der Waals surface area (Å²) in [5.74, 6) is 0.395. The number of likely N-dealkylation sites (tertiary alicyclic amines) is 2. The van der Waals surface area contributed by atoms with Crippen LogP contribution in [0, 0.1) is 0 Å². The second-order valence-electron chi connectivity index (χ2n) is 9.04. The van der Waals surface area contributed by atoms with E-state index >= 15 is 0 Å². The molecule has 1 atom stereocenters. The lowest BCUT2D eigenvalue weighted by molar-refractivity contribution is -0.159. The predicted octanol–water partition coefficient (Wildman–Crippen LogP) is 2.69. The summed E-state index contributed by atoms with van der Waals surface area (Å²) in [7, 11) is 2.02. The third kappa shape index (κ3) is 5.34. The van der Waals surface area contributed by atoms with E-state index in [0.29, 0.717) is 25.4 Å². The number of carbonyl (C=O) groups excluding carboxylic acids is 1. The van der Waals surface area contributed by atoms with E-state index in [1.165, 1.54) is 31.5 Å². The Morgan fingerprint density at radius 1 is 1.11 bits per heavy atom. The normalized spacial score (nSPS) is 23.9. The minimum atomic E-state index is -1.25. The summed E-state index contributed by atoms with van der Waals surface area (Å²) in [5.41, 5.74) is 1.19. The number of benzene rings is 1. The van der Waals surface area contributed by atoms with Crippen molar-refractivity contribution in [3.63, 3.8) is 0 Å². The van der Waals surface area contributed by atoms with Gasteiger partial charge in [0.25, 0.3) is 5.91 Å². The lowest BCUT2D eigenvalue weighted by atomic mass is 9.90. The summed E-state index contributed by atoms with van der Waals surface area (Å²) in [6.07, 6.45) is 3.99. The molecule has 0 bridgehead atoms. The fourth-order valence-corrected chi connectivity index (χ4v) is 4.43. The van der Waals surface area contributed by atoms with Crippen molar-refractivity contribution in [1.29, 1.82) is 0 Å². The molecule has 2 saturated heterocycles. The zero-order chi connectivity index (χ0) is 20.1. The van der Waals surface area contributed by atoms with Gasteiger partial charge in [0.1, 0.15) is 0 Å². The van der Waals surface area contributed by atoms with E-state index in [9.17, 15) is 9.90 Å². The molecule has 2 aliphatic heterocycles. The molecule has 1 aromatic rings. The van der Waals surface area contributed by atoms with Crippen LogP contribution in [-0.4, -0.2) is 77.6 Å². The summed E-state index contributed by atoms with van der Waals surface area (Å²) in [6, 6.07) is 8.51. The third-order valence-electron chi connectivity index (χ3n) is 6.25. The molecule has 156 valence electrons. The molecule has 0 spiro atoms. The number of amides is 1. The van der Waals surface area contributed by atoms with Crippen LogP contribution in [0.4, 0.5) is 0 Å². The van der Waals surface area contributed by atoms with Crippen LogP contribution in [0.1, 0.15) is 56.6 Å². The van der Waals surface area contributed by atoms with E-state index in [1.807, 2.05) is 11.9 Å². The van der Waals surface area contributed by atoms with Crippen LogP contribution in [-0.2, 0) is 11.3 Å². The molecule has 0 saturated carbocycles. The second-order valence-corrected chi connectivity index (χ2v) is 9.04. The summed E-state index contributed by atoms with van der Waals surface area (Å²) in [6.45, 7) is 10.4. The lowest BCUT2D eigenvalue weighted by Crippen LogP contribution is -2.58. The third-order valence-corrected chi connectivity index (χ3v) is 6.25. The standard InChI is InChI=1S/C23H37N3O2/c1-19(2)21-9-7-20(8-10-21)17-26-14-6-11-23(28,22(26)27)18-24(3)15-16-25-12-4-5-13-25/h7-10,19,28H,4-6,11-18H2,1-3H3/t23-/m1/s1. The Bertz CT molecular complexity index is 640. The van der Waals surface area contributed by atoms with Gasteiger partial charge >= 0.3 is 0 Å². The molecule has 5 heteroatoms. The Morgan fingerprint density at radius 2 is 1.79 bits per heavy atom. The summed E-state index contributed by atoms with van der Waals surface area (Å²) in [5, 5.41) is 11.1. The van der Waals surface area contributed by atoms with Crippen LogP contribution in [0.15, 0.2) is 24.3 Å². The van der Waals surface area contributed by atoms with Crippen molar-refractivity contribution in [1.82, 2.24) is 14.7 Å². The number of hydrogen-bond donors (Lipinski definition) is 1. The van der Waals surface area contributed by atoms with Gasteiger partial charge in [-0.3, -0.25) is 4.79 Å². The van der Waals surface area contributed by atoms with Gasteiger partial charge in [-0.25, -0.2) is 0 Å². The van der Waals surface area contributed by atoms with Crippen molar-refractivity contribution in [3.05, 3.63) is 35.4 Å². The monoisotopic (exact) mass is 387 g/mol. The van der Waals surface area contributed by atoms with E-state index in [4.69, 9.17) is 0 Å². The first-order valence-corrected chi connectivity index (χ1v) is 10.9. The Kier molecular flexibility index (Phi) is 7.13. The van der Waals surface area contributed by atoms with Gasteiger partial charge in [0.2, 0.25) is 0 Å². The fourth-order valence-electron chi connectivity index (χ4n) is 4.43. The SMILES string of the molecule is CC(C)c1ccc(CN2CCC[C@@](O)(CN(C)CCN3CCCC3)C2=O)cc1. The molecule has 1 amide bonds. The summed E-state index contributed by atoms with van der Waals surface area (Å²) < 4.78 is 0. The second kappa shape index (κ2) is 9.38. The summed E-state index contributed by atoms with van der Waals surface area (Å²) >= 11 is 0. The molecule has 28 heavy (non-hydrogen) atoms. The van der Waals surface area contributed by atoms with Crippen molar-refractivity contribution < 1.29 is 9.90 Å². The molecular weight excluding hydrogens is 350 g/mol. The maximum atomic E-state index is 13.1. The number of hydrogen-bond acceptors (Lipinski definition) is 4. The smallest absolute Gasteiger partial charge is 0.256 e. The number of carbonyl (C=O) groups is 1. The number of aliphatic hydroxyl groups is 1. The van der Waals surface area contributed by atoms with Crippen LogP contribution in [0.2, 0.25) is 0 Å². The van der Waals surface area contributed by atoms with E-state index in [1.54, 1.807) is 0 Å². The highest BCUT2D eigenvalue weighted by Gasteiger charge is 2.42. The molecule has 0 unspecified atom stereocenters. The Balaban J connectivity index is 1.55. The zero-order valence-electron chi connectivity index (χ0n) is 17.9. The first-order chi connectivity index (χ1) is 13.4. The van der Waals surface area contributed by atoms with Crippen LogP contribution < -0.4 is 0 Å². The molecule has 0 radical (unpaired) electrons. The first-order valence-electron chi connectivity index (χ1n) is 10.9. The molecule has 1 N–H and O–H groups in total. The van der Waals surface area contributed by atoms with Gasteiger partial charge in [0.15, 0.2) is 5.60 Å². The van der Waals surface area contributed by atoms with Gasteiger partial charge in [0.05, 0.1) is 0 Å². The molecule has 2 fully saturated rings. The predicted molar refractivity (Wildman–Crippen MR) is 113 cm³/mol. The van der Waals surface area contributed by atoms with Crippen molar-refractivity contribution in [2.24, 2.45) is 0 Å². The average molecular weight is 388 g/mol. The van der Waals surface area contributed by atoms with Crippen molar-refractivity contribution >= 4 is 5.91 Å². The highest BCUT2D eigenvalue weighted by atomic mass is 16.3. The average Bonchev–Trinajstić information content (AvgIpc) is 3.18. The van der Waals surface area contributed by atoms with Crippen molar-refractivity contribution in [3.8, 4) is 0 Å². The summed E-state index contributed by atoms with van der Waals surface area (Å²) in [4.78, 5) is 19.5. The van der Waals surface area contributed by atoms with Gasteiger partial charge in [-0.05, 0) is 62.9 Å². The van der Waals surface area contributed by atoms with Crippen LogP contribution >= 0.6 is 0 Å². The van der Waals surface area contributed by atoms with E-state index in [-0.39, 0.29) is 5.91 Å². The maximum Gasteiger partial charge on any atom is 0.256 e. The molecular formula is C23H37N3O2. The number of likely N-dealkylation sites (N-methyl/N-ethyl adjacent to an activating group) is 1. The molecule has 2 heterocycles. The van der Waals surface area contributed by atoms with Gasteiger partial charge in [-0.1, -0.05) is 38.1 Å². The highest BCUT2D eigenvalue weighted by molar-refractivity contribution is 5.86. The fraction of sp³-hybridized carbons (Fsp3) is 0.696. The Hall–Kier alpha value is -1.43. The van der Waals surface area contributed by atoms with Crippen LogP contribution in [0.25, 0.3) is 0 Å². The molecule has 1 aromatic carbocycles. The molecule has 5 nitrogen and oxygen atoms in total. The number of nitrogens with zero attached hydrogens (tertiary/aromatic N) is 3. The first kappa shape index (κ1) is 21.3. The molecule has 2 aliphatic rings. The Morgan fingerprint density at radius 3 is 2.43 bits per heavy atom. The van der Waals surface area contributed by atoms with Gasteiger partial charge in [-0.15, -0.1) is 0 Å². The van der Waals surface area contributed by atoms with Crippen LogP contribution in [0.5, 0.6) is 0 Å². The molecule has 0 aliphatic carbocycles. The van der Waals surface area contributed by atoms with Crippen LogP contribution in [0.3, 0.4) is 0 Å². The van der Waals surface area contributed by atoms with E-state index in [0.717, 1.165) is 31.6 Å².